The number of phenolic OH excluding ortho intramolecular Hbond substituents is 1. The van der Waals surface area contributed by atoms with Crippen molar-refractivity contribution in [3.05, 3.63) is 28.3 Å². The Kier molecular flexibility index (Phi) is 3.32. The smallest absolute Gasteiger partial charge is 0.134 e. The molecule has 0 saturated heterocycles. The number of carbonyl (C=O) groups is 1. The van der Waals surface area contributed by atoms with E-state index in [0.29, 0.717) is 17.9 Å². The maximum Gasteiger partial charge on any atom is 0.134 e. The quantitative estimate of drug-likeness (QED) is 0.758. The molecule has 1 rings (SSSR count). The maximum atomic E-state index is 10.2. The SMILES string of the molecule is Cc1cc(O)c(Cl)cc1CCC=O. The number of hydrogen-bond acceptors (Lipinski definition) is 2. The fraction of sp³-hybridized carbons (Fsp3) is 0.300. The van der Waals surface area contributed by atoms with E-state index in [4.69, 9.17) is 11.6 Å². The molecule has 0 heterocycles. The van der Waals surface area contributed by atoms with E-state index in [1.165, 1.54) is 0 Å². The molecule has 0 aliphatic carbocycles. The van der Waals surface area contributed by atoms with Gasteiger partial charge in [0.2, 0.25) is 0 Å². The summed E-state index contributed by atoms with van der Waals surface area (Å²) < 4.78 is 0. The van der Waals surface area contributed by atoms with Gasteiger partial charge in [-0.2, -0.15) is 0 Å². The molecule has 0 spiro atoms. The van der Waals surface area contributed by atoms with E-state index in [0.717, 1.165) is 17.4 Å². The van der Waals surface area contributed by atoms with E-state index in [2.05, 4.69) is 0 Å². The van der Waals surface area contributed by atoms with Crippen LogP contribution in [0.15, 0.2) is 12.1 Å². The molecular formula is C10H11ClO2. The van der Waals surface area contributed by atoms with Crippen LogP contribution in [0, 0.1) is 6.92 Å². The maximum absolute atomic E-state index is 10.2. The van der Waals surface area contributed by atoms with Crippen LogP contribution in [0.1, 0.15) is 17.5 Å². The summed E-state index contributed by atoms with van der Waals surface area (Å²) in [6.45, 7) is 1.89. The average molecular weight is 199 g/mol. The van der Waals surface area contributed by atoms with Crippen LogP contribution >= 0.6 is 11.6 Å². The molecule has 70 valence electrons. The molecular weight excluding hydrogens is 188 g/mol. The van der Waals surface area contributed by atoms with Gasteiger partial charge in [-0.3, -0.25) is 0 Å². The van der Waals surface area contributed by atoms with Crippen molar-refractivity contribution in [3.8, 4) is 5.75 Å². The van der Waals surface area contributed by atoms with Crippen LogP contribution in [0.4, 0.5) is 0 Å². The molecule has 13 heavy (non-hydrogen) atoms. The van der Waals surface area contributed by atoms with Gasteiger partial charge in [0, 0.05) is 6.42 Å². The number of aldehydes is 1. The number of aryl methyl sites for hydroxylation is 2. The van der Waals surface area contributed by atoms with Gasteiger partial charge in [-0.15, -0.1) is 0 Å². The number of rotatable bonds is 3. The van der Waals surface area contributed by atoms with E-state index in [1.54, 1.807) is 12.1 Å². The Morgan fingerprint density at radius 1 is 1.54 bits per heavy atom. The summed E-state index contributed by atoms with van der Waals surface area (Å²) in [5.41, 5.74) is 1.97. The Morgan fingerprint density at radius 3 is 2.85 bits per heavy atom. The number of carbonyl (C=O) groups excluding carboxylic acids is 1. The second-order valence-electron chi connectivity index (χ2n) is 2.94. The van der Waals surface area contributed by atoms with Crippen molar-refractivity contribution in [2.24, 2.45) is 0 Å². The van der Waals surface area contributed by atoms with Crippen LogP contribution in [-0.4, -0.2) is 11.4 Å². The number of halogens is 1. The van der Waals surface area contributed by atoms with Crippen molar-refractivity contribution >= 4 is 17.9 Å². The van der Waals surface area contributed by atoms with E-state index < -0.39 is 0 Å². The third kappa shape index (κ3) is 2.46. The topological polar surface area (TPSA) is 37.3 Å². The van der Waals surface area contributed by atoms with Gasteiger partial charge in [0.15, 0.2) is 0 Å². The van der Waals surface area contributed by atoms with Crippen molar-refractivity contribution < 1.29 is 9.90 Å². The van der Waals surface area contributed by atoms with Gasteiger partial charge in [0.25, 0.3) is 0 Å². The summed E-state index contributed by atoms with van der Waals surface area (Å²) in [7, 11) is 0. The molecule has 1 aromatic carbocycles. The van der Waals surface area contributed by atoms with Gasteiger partial charge < -0.3 is 9.90 Å². The summed E-state index contributed by atoms with van der Waals surface area (Å²) in [6, 6.07) is 3.32. The third-order valence-corrected chi connectivity index (χ3v) is 2.24. The van der Waals surface area contributed by atoms with Crippen LogP contribution < -0.4 is 0 Å². The first-order valence-corrected chi connectivity index (χ1v) is 4.44. The number of aromatic hydroxyl groups is 1. The first kappa shape index (κ1) is 10.1. The molecule has 0 radical (unpaired) electrons. The second kappa shape index (κ2) is 4.28. The molecule has 2 nitrogen and oxygen atoms in total. The largest absolute Gasteiger partial charge is 0.506 e. The lowest BCUT2D eigenvalue weighted by Gasteiger charge is -2.05. The highest BCUT2D eigenvalue weighted by Crippen LogP contribution is 2.27. The predicted molar refractivity (Wildman–Crippen MR) is 52.2 cm³/mol. The normalized spacial score (nSPS) is 10.0. The molecule has 0 aliphatic heterocycles. The molecule has 0 saturated carbocycles. The highest BCUT2D eigenvalue weighted by Gasteiger charge is 2.03. The van der Waals surface area contributed by atoms with Crippen molar-refractivity contribution in [3.63, 3.8) is 0 Å². The third-order valence-electron chi connectivity index (χ3n) is 1.94. The van der Waals surface area contributed by atoms with Crippen LogP contribution in [0.2, 0.25) is 5.02 Å². The average Bonchev–Trinajstić information content (AvgIpc) is 2.09. The zero-order chi connectivity index (χ0) is 9.84. The Balaban J connectivity index is 2.94. The zero-order valence-electron chi connectivity index (χ0n) is 7.38. The summed E-state index contributed by atoms with van der Waals surface area (Å²) in [5, 5.41) is 9.59. The lowest BCUT2D eigenvalue weighted by Crippen LogP contribution is -1.90. The van der Waals surface area contributed by atoms with Gasteiger partial charge >= 0.3 is 0 Å². The zero-order valence-corrected chi connectivity index (χ0v) is 8.14. The summed E-state index contributed by atoms with van der Waals surface area (Å²) in [4.78, 5) is 10.2. The van der Waals surface area contributed by atoms with Crippen LogP contribution in [-0.2, 0) is 11.2 Å². The lowest BCUT2D eigenvalue weighted by atomic mass is 10.0. The van der Waals surface area contributed by atoms with Gasteiger partial charge in [0.05, 0.1) is 5.02 Å². The fourth-order valence-electron chi connectivity index (χ4n) is 1.19. The molecule has 1 aromatic rings. The Bertz CT molecular complexity index is 321. The van der Waals surface area contributed by atoms with E-state index >= 15 is 0 Å². The number of hydrogen-bond donors (Lipinski definition) is 1. The molecule has 0 fully saturated rings. The molecule has 0 unspecified atom stereocenters. The minimum absolute atomic E-state index is 0.0917. The van der Waals surface area contributed by atoms with Crippen LogP contribution in [0.3, 0.4) is 0 Å². The molecule has 0 bridgehead atoms. The van der Waals surface area contributed by atoms with E-state index in [1.807, 2.05) is 6.92 Å². The minimum Gasteiger partial charge on any atom is -0.506 e. The molecule has 0 amide bonds. The van der Waals surface area contributed by atoms with Crippen molar-refractivity contribution in [2.75, 3.05) is 0 Å². The number of phenols is 1. The Labute approximate surface area is 82.2 Å². The van der Waals surface area contributed by atoms with Crippen molar-refractivity contribution in [1.82, 2.24) is 0 Å². The first-order chi connectivity index (χ1) is 6.15. The molecule has 0 atom stereocenters. The monoisotopic (exact) mass is 198 g/mol. The second-order valence-corrected chi connectivity index (χ2v) is 3.34. The Hall–Kier alpha value is -1.02. The molecule has 0 aliphatic rings. The van der Waals surface area contributed by atoms with E-state index in [9.17, 15) is 9.90 Å². The number of benzene rings is 1. The highest BCUT2D eigenvalue weighted by atomic mass is 35.5. The fourth-order valence-corrected chi connectivity index (χ4v) is 1.38. The highest BCUT2D eigenvalue weighted by molar-refractivity contribution is 6.32. The minimum atomic E-state index is 0.0917. The van der Waals surface area contributed by atoms with Gasteiger partial charge in [-0.05, 0) is 36.6 Å². The van der Waals surface area contributed by atoms with Crippen molar-refractivity contribution in [1.29, 1.82) is 0 Å². The summed E-state index contributed by atoms with van der Waals surface area (Å²) in [6.07, 6.45) is 2.04. The first-order valence-electron chi connectivity index (χ1n) is 4.06. The van der Waals surface area contributed by atoms with E-state index in [-0.39, 0.29) is 5.75 Å². The van der Waals surface area contributed by atoms with Gasteiger partial charge in [0.1, 0.15) is 12.0 Å². The lowest BCUT2D eigenvalue weighted by molar-refractivity contribution is -0.107. The molecule has 0 aromatic heterocycles. The standard InChI is InChI=1S/C10H11ClO2/c1-7-5-10(13)9(11)6-8(7)3-2-4-12/h4-6,13H,2-3H2,1H3. The molecule has 1 N–H and O–H groups in total. The van der Waals surface area contributed by atoms with Gasteiger partial charge in [-0.1, -0.05) is 11.6 Å². The van der Waals surface area contributed by atoms with Crippen LogP contribution in [0.5, 0.6) is 5.75 Å². The molecule has 3 heteroatoms. The Morgan fingerprint density at radius 2 is 2.23 bits per heavy atom. The predicted octanol–water partition coefficient (Wildman–Crippen LogP) is 2.49. The summed E-state index contributed by atoms with van der Waals surface area (Å²) in [5.74, 6) is 0.0917. The summed E-state index contributed by atoms with van der Waals surface area (Å²) >= 11 is 5.73. The van der Waals surface area contributed by atoms with Crippen LogP contribution in [0.25, 0.3) is 0 Å². The van der Waals surface area contributed by atoms with Gasteiger partial charge in [-0.25, -0.2) is 0 Å². The van der Waals surface area contributed by atoms with Crippen molar-refractivity contribution in [2.45, 2.75) is 19.8 Å².